The van der Waals surface area contributed by atoms with Crippen LogP contribution in [0.15, 0.2) is 33.4 Å². The highest BCUT2D eigenvalue weighted by atomic mass is 16.4. The molecule has 0 radical (unpaired) electrons. The summed E-state index contributed by atoms with van der Waals surface area (Å²) in [6.45, 7) is 6.42. The molecule has 0 spiro atoms. The van der Waals surface area contributed by atoms with Crippen LogP contribution in [-0.2, 0) is 19.5 Å². The van der Waals surface area contributed by atoms with E-state index >= 15 is 0 Å². The molecule has 0 fully saturated rings. The van der Waals surface area contributed by atoms with E-state index in [0.717, 1.165) is 49.1 Å². The number of hydrogen-bond acceptors (Lipinski definition) is 6. The van der Waals surface area contributed by atoms with Crippen LogP contribution in [0.4, 0.5) is 0 Å². The van der Waals surface area contributed by atoms with Gasteiger partial charge in [0.1, 0.15) is 5.76 Å². The molecule has 3 aromatic rings. The number of aromatic nitrogens is 3. The Morgan fingerprint density at radius 2 is 2.17 bits per heavy atom. The zero-order valence-electron chi connectivity index (χ0n) is 13.2. The van der Waals surface area contributed by atoms with Crippen LogP contribution in [0.1, 0.15) is 28.6 Å². The second-order valence-electron chi connectivity index (χ2n) is 5.84. The van der Waals surface area contributed by atoms with Gasteiger partial charge in [-0.05, 0) is 19.1 Å². The highest BCUT2D eigenvalue weighted by Crippen LogP contribution is 2.23. The minimum absolute atomic E-state index is 0.658. The molecule has 1 aliphatic heterocycles. The van der Waals surface area contributed by atoms with Gasteiger partial charge in [-0.2, -0.15) is 0 Å². The predicted molar refractivity (Wildman–Crippen MR) is 83.5 cm³/mol. The van der Waals surface area contributed by atoms with Crippen LogP contribution in [0.3, 0.4) is 0 Å². The van der Waals surface area contributed by atoms with Gasteiger partial charge in [-0.25, -0.2) is 15.0 Å². The molecule has 6 nitrogen and oxygen atoms in total. The molecule has 4 rings (SSSR count). The monoisotopic (exact) mass is 310 g/mol. The van der Waals surface area contributed by atoms with Crippen molar-refractivity contribution in [3.8, 4) is 11.6 Å². The van der Waals surface area contributed by atoms with Gasteiger partial charge in [-0.3, -0.25) is 4.90 Å². The second kappa shape index (κ2) is 5.62. The maximum absolute atomic E-state index is 5.51. The first-order valence-corrected chi connectivity index (χ1v) is 7.73. The number of rotatable bonds is 3. The highest BCUT2D eigenvalue weighted by Gasteiger charge is 2.21. The molecule has 0 aromatic carbocycles. The van der Waals surface area contributed by atoms with Gasteiger partial charge in [0.2, 0.25) is 0 Å². The van der Waals surface area contributed by atoms with Gasteiger partial charge in [-0.1, -0.05) is 0 Å². The normalized spacial score (nSPS) is 14.9. The van der Waals surface area contributed by atoms with Gasteiger partial charge in [0, 0.05) is 44.7 Å². The van der Waals surface area contributed by atoms with E-state index in [1.807, 2.05) is 32.2 Å². The molecule has 0 unspecified atom stereocenters. The van der Waals surface area contributed by atoms with Crippen molar-refractivity contribution in [3.05, 3.63) is 53.2 Å². The number of hydrogen-bond donors (Lipinski definition) is 0. The first-order chi connectivity index (χ1) is 11.2. The molecule has 1 aliphatic rings. The van der Waals surface area contributed by atoms with Crippen LogP contribution in [0.2, 0.25) is 0 Å². The molecule has 0 saturated heterocycles. The summed E-state index contributed by atoms with van der Waals surface area (Å²) >= 11 is 0. The largest absolute Gasteiger partial charge is 0.461 e. The molecular weight excluding hydrogens is 292 g/mol. The van der Waals surface area contributed by atoms with Crippen molar-refractivity contribution in [1.29, 1.82) is 0 Å². The summed E-state index contributed by atoms with van der Waals surface area (Å²) < 4.78 is 10.9. The lowest BCUT2D eigenvalue weighted by Gasteiger charge is -2.27. The zero-order valence-corrected chi connectivity index (χ0v) is 13.2. The van der Waals surface area contributed by atoms with Crippen LogP contribution in [0.5, 0.6) is 0 Å². The maximum Gasteiger partial charge on any atom is 0.195 e. The van der Waals surface area contributed by atoms with Crippen molar-refractivity contribution in [2.45, 2.75) is 33.4 Å². The third-order valence-electron chi connectivity index (χ3n) is 4.13. The molecule has 3 aromatic heterocycles. The number of furan rings is 1. The van der Waals surface area contributed by atoms with Crippen molar-refractivity contribution in [2.75, 3.05) is 6.54 Å². The quantitative estimate of drug-likeness (QED) is 0.741. The van der Waals surface area contributed by atoms with Gasteiger partial charge in [-0.15, -0.1) is 0 Å². The Morgan fingerprint density at radius 1 is 1.26 bits per heavy atom. The average molecular weight is 310 g/mol. The summed E-state index contributed by atoms with van der Waals surface area (Å²) in [7, 11) is 0. The van der Waals surface area contributed by atoms with Crippen LogP contribution in [-0.4, -0.2) is 26.4 Å². The molecule has 23 heavy (non-hydrogen) atoms. The van der Waals surface area contributed by atoms with Crippen molar-refractivity contribution in [3.63, 3.8) is 0 Å². The van der Waals surface area contributed by atoms with Gasteiger partial charge >= 0.3 is 0 Å². The summed E-state index contributed by atoms with van der Waals surface area (Å²) in [5.74, 6) is 2.99. The minimum atomic E-state index is 0.658. The van der Waals surface area contributed by atoms with E-state index in [1.165, 1.54) is 5.56 Å². The Balaban J connectivity index is 1.52. The Labute approximate surface area is 134 Å². The van der Waals surface area contributed by atoms with E-state index in [-0.39, 0.29) is 0 Å². The third-order valence-corrected chi connectivity index (χ3v) is 4.13. The number of nitrogens with zero attached hydrogens (tertiary/aromatic N) is 4. The van der Waals surface area contributed by atoms with Crippen LogP contribution >= 0.6 is 0 Å². The standard InChI is InChI=1S/C17H18N4O2/c1-11-15(19-12(2)23-11)10-21-6-5-14-13(9-21)8-18-17(20-14)16-4-3-7-22-16/h3-4,7-8H,5-6,9-10H2,1-2H3. The fourth-order valence-corrected chi connectivity index (χ4v) is 2.96. The van der Waals surface area contributed by atoms with Crippen LogP contribution in [0.25, 0.3) is 11.6 Å². The number of fused-ring (bicyclic) bond motifs is 1. The van der Waals surface area contributed by atoms with Crippen molar-refractivity contribution < 1.29 is 8.83 Å². The molecule has 0 aliphatic carbocycles. The topological polar surface area (TPSA) is 68.2 Å². The summed E-state index contributed by atoms with van der Waals surface area (Å²) in [4.78, 5) is 15.9. The predicted octanol–water partition coefficient (Wildman–Crippen LogP) is 2.90. The van der Waals surface area contributed by atoms with E-state index in [4.69, 9.17) is 8.83 Å². The maximum atomic E-state index is 5.51. The fourth-order valence-electron chi connectivity index (χ4n) is 2.96. The molecular formula is C17H18N4O2. The molecule has 118 valence electrons. The minimum Gasteiger partial charge on any atom is -0.461 e. The van der Waals surface area contributed by atoms with E-state index in [9.17, 15) is 0 Å². The zero-order chi connectivity index (χ0) is 15.8. The molecule has 0 atom stereocenters. The molecule has 0 N–H and O–H groups in total. The molecule has 0 bridgehead atoms. The van der Waals surface area contributed by atoms with Crippen molar-refractivity contribution in [1.82, 2.24) is 19.9 Å². The van der Waals surface area contributed by atoms with E-state index in [0.29, 0.717) is 11.6 Å². The highest BCUT2D eigenvalue weighted by molar-refractivity contribution is 5.46. The van der Waals surface area contributed by atoms with Gasteiger partial charge in [0.05, 0.1) is 17.7 Å². The van der Waals surface area contributed by atoms with Gasteiger partial charge in [0.15, 0.2) is 17.5 Å². The van der Waals surface area contributed by atoms with Gasteiger partial charge < -0.3 is 8.83 Å². The summed E-state index contributed by atoms with van der Waals surface area (Å²) in [5.41, 5.74) is 3.29. The fraction of sp³-hybridized carbons (Fsp3) is 0.353. The van der Waals surface area contributed by atoms with Crippen molar-refractivity contribution in [2.24, 2.45) is 0 Å². The van der Waals surface area contributed by atoms with E-state index < -0.39 is 0 Å². The molecule has 0 amide bonds. The molecule has 6 heteroatoms. The SMILES string of the molecule is Cc1nc(CN2CCc3nc(-c4ccco4)ncc3C2)c(C)o1. The smallest absolute Gasteiger partial charge is 0.195 e. The van der Waals surface area contributed by atoms with Crippen LogP contribution < -0.4 is 0 Å². The first-order valence-electron chi connectivity index (χ1n) is 7.73. The number of aryl methyl sites for hydroxylation is 2. The summed E-state index contributed by atoms with van der Waals surface area (Å²) in [6, 6.07) is 3.73. The van der Waals surface area contributed by atoms with E-state index in [2.05, 4.69) is 19.9 Å². The first kappa shape index (κ1) is 14.1. The Kier molecular flexibility index (Phi) is 3.46. The second-order valence-corrected chi connectivity index (χ2v) is 5.84. The Hall–Kier alpha value is -2.47. The van der Waals surface area contributed by atoms with Gasteiger partial charge in [0.25, 0.3) is 0 Å². The molecule has 0 saturated carbocycles. The lowest BCUT2D eigenvalue weighted by molar-refractivity contribution is 0.239. The summed E-state index contributed by atoms with van der Waals surface area (Å²) in [6.07, 6.45) is 4.46. The summed E-state index contributed by atoms with van der Waals surface area (Å²) in [5, 5.41) is 0. The lowest BCUT2D eigenvalue weighted by atomic mass is 10.1. The lowest BCUT2D eigenvalue weighted by Crippen LogP contribution is -2.31. The molecule has 4 heterocycles. The number of oxazole rings is 1. The average Bonchev–Trinajstić information content (AvgIpc) is 3.17. The van der Waals surface area contributed by atoms with Crippen molar-refractivity contribution >= 4 is 0 Å². The Bertz CT molecular complexity index is 823. The Morgan fingerprint density at radius 3 is 2.91 bits per heavy atom. The van der Waals surface area contributed by atoms with Crippen LogP contribution in [0, 0.1) is 13.8 Å². The third kappa shape index (κ3) is 2.77. The van der Waals surface area contributed by atoms with E-state index in [1.54, 1.807) is 6.26 Å².